The van der Waals surface area contributed by atoms with Gasteiger partial charge in [0.15, 0.2) is 0 Å². The van der Waals surface area contributed by atoms with Crippen molar-refractivity contribution in [3.63, 3.8) is 0 Å². The molecule has 3 aromatic rings. The highest BCUT2D eigenvalue weighted by Crippen LogP contribution is 2.35. The molecule has 0 bridgehead atoms. The maximum absolute atomic E-state index is 6.11. The summed E-state index contributed by atoms with van der Waals surface area (Å²) in [5, 5.41) is 6.04. The van der Waals surface area contributed by atoms with E-state index in [1.54, 1.807) is 12.4 Å². The molecule has 5 heteroatoms. The van der Waals surface area contributed by atoms with Gasteiger partial charge in [-0.1, -0.05) is 42.5 Å². The van der Waals surface area contributed by atoms with Crippen molar-refractivity contribution in [3.8, 4) is 0 Å². The fourth-order valence-electron chi connectivity index (χ4n) is 4.50. The lowest BCUT2D eigenvalue weighted by molar-refractivity contribution is 0.0946. The Morgan fingerprint density at radius 2 is 1.85 bits per heavy atom. The Morgan fingerprint density at radius 3 is 2.78 bits per heavy atom. The number of hydrogen-bond donors (Lipinski definition) is 1. The first-order valence-corrected chi connectivity index (χ1v) is 9.68. The van der Waals surface area contributed by atoms with Gasteiger partial charge in [-0.3, -0.25) is 4.90 Å². The Labute approximate surface area is 159 Å². The number of aromatic nitrogens is 2. The van der Waals surface area contributed by atoms with E-state index >= 15 is 0 Å². The summed E-state index contributed by atoms with van der Waals surface area (Å²) in [5.74, 6) is 1.79. The van der Waals surface area contributed by atoms with Crippen molar-refractivity contribution < 1.29 is 4.74 Å². The van der Waals surface area contributed by atoms with E-state index in [0.29, 0.717) is 23.9 Å². The minimum atomic E-state index is 0.350. The van der Waals surface area contributed by atoms with Gasteiger partial charge in [-0.15, -0.1) is 0 Å². The van der Waals surface area contributed by atoms with Crippen molar-refractivity contribution in [1.82, 2.24) is 14.9 Å². The molecule has 3 heterocycles. The lowest BCUT2D eigenvalue weighted by Gasteiger charge is -2.20. The van der Waals surface area contributed by atoms with Crippen LogP contribution in [0.2, 0.25) is 0 Å². The summed E-state index contributed by atoms with van der Waals surface area (Å²) in [7, 11) is 0. The van der Waals surface area contributed by atoms with E-state index in [4.69, 9.17) is 4.74 Å². The lowest BCUT2D eigenvalue weighted by atomic mass is 9.93. The highest BCUT2D eigenvalue weighted by atomic mass is 16.5. The molecule has 5 rings (SSSR count). The van der Waals surface area contributed by atoms with Crippen molar-refractivity contribution in [2.75, 3.05) is 31.6 Å². The van der Waals surface area contributed by atoms with Crippen LogP contribution in [0.25, 0.3) is 10.8 Å². The topological polar surface area (TPSA) is 50.3 Å². The third-order valence-corrected chi connectivity index (χ3v) is 5.88. The predicted molar refractivity (Wildman–Crippen MR) is 106 cm³/mol. The Morgan fingerprint density at radius 1 is 1.00 bits per heavy atom. The van der Waals surface area contributed by atoms with Crippen LogP contribution < -0.4 is 5.32 Å². The molecule has 1 N–H and O–H groups in total. The fourth-order valence-corrected chi connectivity index (χ4v) is 4.50. The van der Waals surface area contributed by atoms with Crippen LogP contribution in [0.5, 0.6) is 0 Å². The summed E-state index contributed by atoms with van der Waals surface area (Å²) in [6, 6.07) is 17.1. The van der Waals surface area contributed by atoms with Crippen LogP contribution in [0.15, 0.2) is 60.9 Å². The molecular weight excluding hydrogens is 336 g/mol. The van der Waals surface area contributed by atoms with Gasteiger partial charge in [-0.25, -0.2) is 9.97 Å². The van der Waals surface area contributed by atoms with E-state index in [1.165, 1.54) is 16.3 Å². The maximum atomic E-state index is 6.11. The van der Waals surface area contributed by atoms with Gasteiger partial charge in [-0.2, -0.15) is 0 Å². The maximum Gasteiger partial charge on any atom is 0.222 e. The molecule has 0 amide bonds. The molecule has 27 heavy (non-hydrogen) atoms. The molecule has 0 radical (unpaired) electrons. The zero-order chi connectivity index (χ0) is 18.1. The fraction of sp³-hybridized carbons (Fsp3) is 0.364. The van der Waals surface area contributed by atoms with E-state index < -0.39 is 0 Å². The van der Waals surface area contributed by atoms with Gasteiger partial charge in [0, 0.05) is 50.4 Å². The number of rotatable bonds is 5. The summed E-state index contributed by atoms with van der Waals surface area (Å²) in [4.78, 5) is 11.0. The van der Waals surface area contributed by atoms with Crippen LogP contribution in [0.3, 0.4) is 0 Å². The number of hydrogen-bond acceptors (Lipinski definition) is 5. The zero-order valence-electron chi connectivity index (χ0n) is 15.3. The number of fused-ring (bicyclic) bond motifs is 2. The summed E-state index contributed by atoms with van der Waals surface area (Å²) >= 11 is 0. The minimum Gasteiger partial charge on any atom is -0.376 e. The van der Waals surface area contributed by atoms with Gasteiger partial charge in [0.2, 0.25) is 5.95 Å². The molecule has 0 saturated carbocycles. The molecule has 0 spiro atoms. The highest BCUT2D eigenvalue weighted by Gasteiger charge is 2.43. The SMILES string of the molecule is c1cnc(NC[C@@H]2CO[C@H]3CN(Cc4cccc5ccccc45)C[C@@H]23)nc1. The van der Waals surface area contributed by atoms with Crippen LogP contribution in [-0.4, -0.2) is 47.2 Å². The number of nitrogens with zero attached hydrogens (tertiary/aromatic N) is 3. The molecule has 0 unspecified atom stereocenters. The van der Waals surface area contributed by atoms with Gasteiger partial charge >= 0.3 is 0 Å². The molecule has 0 aliphatic carbocycles. The molecule has 2 aliphatic rings. The van der Waals surface area contributed by atoms with Gasteiger partial charge in [0.1, 0.15) is 0 Å². The van der Waals surface area contributed by atoms with Crippen molar-refractivity contribution in [2.45, 2.75) is 12.6 Å². The summed E-state index contributed by atoms with van der Waals surface area (Å²) in [6.07, 6.45) is 3.89. The Bertz CT molecular complexity index is 911. The van der Waals surface area contributed by atoms with Gasteiger partial charge in [0.25, 0.3) is 0 Å². The number of benzene rings is 2. The first-order valence-electron chi connectivity index (χ1n) is 9.68. The van der Waals surface area contributed by atoms with Crippen molar-refractivity contribution in [1.29, 1.82) is 0 Å². The number of ether oxygens (including phenoxy) is 1. The van der Waals surface area contributed by atoms with Crippen LogP contribution in [0.4, 0.5) is 5.95 Å². The van der Waals surface area contributed by atoms with Gasteiger partial charge < -0.3 is 10.1 Å². The van der Waals surface area contributed by atoms with Crippen molar-refractivity contribution in [3.05, 3.63) is 66.5 Å². The standard InChI is InChI=1S/C22H24N4O/c1-2-8-19-16(5-1)6-3-7-17(19)12-26-13-20-18(15-27-21(20)14-26)11-25-22-23-9-4-10-24-22/h1-10,18,20-21H,11-15H2,(H,23,24,25)/t18-,20+,21+/m1/s1. The zero-order valence-corrected chi connectivity index (χ0v) is 15.3. The van der Waals surface area contributed by atoms with Crippen LogP contribution >= 0.6 is 0 Å². The van der Waals surface area contributed by atoms with Crippen molar-refractivity contribution >= 4 is 16.7 Å². The number of nitrogens with one attached hydrogen (secondary N) is 1. The molecule has 2 aliphatic heterocycles. The monoisotopic (exact) mass is 360 g/mol. The second-order valence-electron chi connectivity index (χ2n) is 7.58. The average Bonchev–Trinajstić information content (AvgIpc) is 3.28. The van der Waals surface area contributed by atoms with E-state index in [2.05, 4.69) is 62.6 Å². The second-order valence-corrected chi connectivity index (χ2v) is 7.58. The van der Waals surface area contributed by atoms with E-state index in [9.17, 15) is 0 Å². The third kappa shape index (κ3) is 3.40. The molecular formula is C22H24N4O. The smallest absolute Gasteiger partial charge is 0.222 e. The quantitative estimate of drug-likeness (QED) is 0.757. The molecule has 2 fully saturated rings. The van der Waals surface area contributed by atoms with Gasteiger partial charge in [0.05, 0.1) is 12.7 Å². The van der Waals surface area contributed by atoms with E-state index in [-0.39, 0.29) is 0 Å². The largest absolute Gasteiger partial charge is 0.376 e. The third-order valence-electron chi connectivity index (χ3n) is 5.88. The second kappa shape index (κ2) is 7.25. The molecule has 2 aromatic carbocycles. The lowest BCUT2D eigenvalue weighted by Crippen LogP contribution is -2.27. The number of likely N-dealkylation sites (tertiary alicyclic amines) is 1. The summed E-state index contributed by atoms with van der Waals surface area (Å²) < 4.78 is 6.11. The molecule has 3 atom stereocenters. The van der Waals surface area contributed by atoms with Crippen LogP contribution in [-0.2, 0) is 11.3 Å². The van der Waals surface area contributed by atoms with Crippen LogP contribution in [0.1, 0.15) is 5.56 Å². The van der Waals surface area contributed by atoms with E-state index in [1.807, 2.05) is 6.07 Å². The first-order chi connectivity index (χ1) is 13.4. The molecule has 1 aromatic heterocycles. The Kier molecular flexibility index (Phi) is 4.47. The highest BCUT2D eigenvalue weighted by molar-refractivity contribution is 5.85. The predicted octanol–water partition coefficient (Wildman–Crippen LogP) is 3.19. The average molecular weight is 360 g/mol. The molecule has 2 saturated heterocycles. The van der Waals surface area contributed by atoms with Crippen LogP contribution in [0, 0.1) is 11.8 Å². The summed E-state index contributed by atoms with van der Waals surface area (Å²) in [5.41, 5.74) is 1.40. The van der Waals surface area contributed by atoms with Crippen molar-refractivity contribution in [2.24, 2.45) is 11.8 Å². The molecule has 138 valence electrons. The summed E-state index contributed by atoms with van der Waals surface area (Å²) in [6.45, 7) is 4.80. The first kappa shape index (κ1) is 16.7. The minimum absolute atomic E-state index is 0.350. The Hall–Kier alpha value is -2.50. The van der Waals surface area contributed by atoms with Gasteiger partial charge in [-0.05, 0) is 22.4 Å². The normalized spacial score (nSPS) is 25.0. The molecule has 5 nitrogen and oxygen atoms in total. The Balaban J connectivity index is 1.24. The number of anilines is 1. The van der Waals surface area contributed by atoms with E-state index in [0.717, 1.165) is 32.8 Å².